The second-order valence-corrected chi connectivity index (χ2v) is 7.13. The molecule has 0 unspecified atom stereocenters. The number of imidazole rings is 1. The molecule has 1 aromatic carbocycles. The maximum atomic E-state index is 12.0. The quantitative estimate of drug-likeness (QED) is 0.935. The maximum absolute atomic E-state index is 12.0. The molecule has 4 nitrogen and oxygen atoms in total. The predicted molar refractivity (Wildman–Crippen MR) is 83.9 cm³/mol. The summed E-state index contributed by atoms with van der Waals surface area (Å²) in [4.78, 5) is 16.7. The number of amides is 1. The highest BCUT2D eigenvalue weighted by Crippen LogP contribution is 2.38. The number of nitrogens with zero attached hydrogens (tertiary/aromatic N) is 2. The number of hydrogen-bond donors (Lipinski definition) is 1. The van der Waals surface area contributed by atoms with Crippen molar-refractivity contribution in [3.8, 4) is 0 Å². The van der Waals surface area contributed by atoms with Crippen molar-refractivity contribution in [2.45, 2.75) is 52.6 Å². The summed E-state index contributed by atoms with van der Waals surface area (Å²) in [5.74, 6) is 1.07. The molecule has 0 bridgehead atoms. The standard InChI is InChI=1S/C17H23N3O/c1-17(2,3)10-16(21)18-11-15-19-13-6-4-5-7-14(13)20(15)12-8-9-12/h4-7,12H,8-11H2,1-3H3,(H,18,21). The second-order valence-electron chi connectivity index (χ2n) is 7.13. The van der Waals surface area contributed by atoms with Crippen LogP contribution < -0.4 is 5.32 Å². The van der Waals surface area contributed by atoms with Crippen LogP contribution in [0, 0.1) is 5.41 Å². The molecule has 112 valence electrons. The fraction of sp³-hybridized carbons (Fsp3) is 0.529. The molecule has 4 heteroatoms. The fourth-order valence-corrected chi connectivity index (χ4v) is 2.68. The average molecular weight is 285 g/mol. The topological polar surface area (TPSA) is 46.9 Å². The lowest BCUT2D eigenvalue weighted by atomic mass is 9.92. The second kappa shape index (κ2) is 5.17. The number of carbonyl (C=O) groups is 1. The van der Waals surface area contributed by atoms with E-state index < -0.39 is 0 Å². The van der Waals surface area contributed by atoms with E-state index in [-0.39, 0.29) is 11.3 Å². The monoisotopic (exact) mass is 285 g/mol. The average Bonchev–Trinajstić information content (AvgIpc) is 3.15. The maximum Gasteiger partial charge on any atom is 0.220 e. The van der Waals surface area contributed by atoms with Crippen molar-refractivity contribution in [1.29, 1.82) is 0 Å². The molecule has 3 rings (SSSR count). The van der Waals surface area contributed by atoms with E-state index in [1.807, 2.05) is 18.2 Å². The van der Waals surface area contributed by atoms with E-state index in [2.05, 4.69) is 36.7 Å². The first-order valence-corrected chi connectivity index (χ1v) is 7.66. The van der Waals surface area contributed by atoms with Crippen LogP contribution in [0.15, 0.2) is 24.3 Å². The molecule has 0 aliphatic heterocycles. The third-order valence-corrected chi connectivity index (χ3v) is 3.72. The summed E-state index contributed by atoms with van der Waals surface area (Å²) in [6.45, 7) is 6.74. The van der Waals surface area contributed by atoms with E-state index in [9.17, 15) is 4.79 Å². The number of fused-ring (bicyclic) bond motifs is 1. The molecule has 2 aromatic rings. The molecule has 0 spiro atoms. The zero-order valence-electron chi connectivity index (χ0n) is 13.0. The van der Waals surface area contributed by atoms with Gasteiger partial charge in [0.15, 0.2) is 0 Å². The van der Waals surface area contributed by atoms with Crippen LogP contribution in [0.5, 0.6) is 0 Å². The predicted octanol–water partition coefficient (Wildman–Crippen LogP) is 3.42. The summed E-state index contributed by atoms with van der Waals surface area (Å²) in [7, 11) is 0. The van der Waals surface area contributed by atoms with Crippen molar-refractivity contribution in [3.63, 3.8) is 0 Å². The molecule has 1 aliphatic rings. The summed E-state index contributed by atoms with van der Waals surface area (Å²) < 4.78 is 2.30. The van der Waals surface area contributed by atoms with Crippen molar-refractivity contribution in [1.82, 2.24) is 14.9 Å². The zero-order chi connectivity index (χ0) is 15.0. The van der Waals surface area contributed by atoms with Gasteiger partial charge in [0.1, 0.15) is 5.82 Å². The minimum Gasteiger partial charge on any atom is -0.349 e. The van der Waals surface area contributed by atoms with Crippen LogP contribution in [0.25, 0.3) is 11.0 Å². The highest BCUT2D eigenvalue weighted by atomic mass is 16.1. The number of aromatic nitrogens is 2. The largest absolute Gasteiger partial charge is 0.349 e. The zero-order valence-corrected chi connectivity index (χ0v) is 13.0. The highest BCUT2D eigenvalue weighted by Gasteiger charge is 2.28. The van der Waals surface area contributed by atoms with Gasteiger partial charge in [-0.05, 0) is 30.4 Å². The minimum atomic E-state index is 0.0146. The molecule has 1 fully saturated rings. The third-order valence-electron chi connectivity index (χ3n) is 3.72. The van der Waals surface area contributed by atoms with Gasteiger partial charge in [-0.3, -0.25) is 4.79 Å². The Morgan fingerprint density at radius 2 is 2.05 bits per heavy atom. The summed E-state index contributed by atoms with van der Waals surface area (Å²) in [5, 5.41) is 3.02. The first kappa shape index (κ1) is 14.1. The van der Waals surface area contributed by atoms with Crippen molar-refractivity contribution < 1.29 is 4.79 Å². The van der Waals surface area contributed by atoms with E-state index in [0.717, 1.165) is 11.3 Å². The Morgan fingerprint density at radius 3 is 2.71 bits per heavy atom. The number of rotatable bonds is 4. The highest BCUT2D eigenvalue weighted by molar-refractivity contribution is 5.78. The van der Waals surface area contributed by atoms with Crippen LogP contribution in [-0.4, -0.2) is 15.5 Å². The molecule has 0 atom stereocenters. The lowest BCUT2D eigenvalue weighted by molar-refractivity contribution is -0.123. The van der Waals surface area contributed by atoms with Crippen molar-refractivity contribution in [2.75, 3.05) is 0 Å². The smallest absolute Gasteiger partial charge is 0.220 e. The van der Waals surface area contributed by atoms with Crippen LogP contribution in [0.3, 0.4) is 0 Å². The first-order valence-electron chi connectivity index (χ1n) is 7.66. The van der Waals surface area contributed by atoms with Gasteiger partial charge in [0.2, 0.25) is 5.91 Å². The van der Waals surface area contributed by atoms with Gasteiger partial charge in [0.25, 0.3) is 0 Å². The van der Waals surface area contributed by atoms with Gasteiger partial charge in [-0.2, -0.15) is 0 Å². The van der Waals surface area contributed by atoms with Gasteiger partial charge in [-0.1, -0.05) is 32.9 Å². The van der Waals surface area contributed by atoms with Crippen molar-refractivity contribution >= 4 is 16.9 Å². The van der Waals surface area contributed by atoms with Crippen molar-refractivity contribution in [2.24, 2.45) is 5.41 Å². The molecule has 1 amide bonds. The number of nitrogens with one attached hydrogen (secondary N) is 1. The van der Waals surface area contributed by atoms with E-state index >= 15 is 0 Å². The summed E-state index contributed by atoms with van der Waals surface area (Å²) in [5.41, 5.74) is 2.21. The third kappa shape index (κ3) is 3.26. The van der Waals surface area contributed by atoms with Gasteiger partial charge in [-0.15, -0.1) is 0 Å². The van der Waals surface area contributed by atoms with Gasteiger partial charge >= 0.3 is 0 Å². The molecular formula is C17H23N3O. The summed E-state index contributed by atoms with van der Waals surface area (Å²) in [6.07, 6.45) is 2.96. The van der Waals surface area contributed by atoms with Gasteiger partial charge in [0.05, 0.1) is 17.6 Å². The summed E-state index contributed by atoms with van der Waals surface area (Å²) in [6, 6.07) is 8.77. The Bertz CT molecular complexity index is 662. The number of benzene rings is 1. The number of hydrogen-bond acceptors (Lipinski definition) is 2. The van der Waals surface area contributed by atoms with Crippen LogP contribution in [-0.2, 0) is 11.3 Å². The molecule has 1 N–H and O–H groups in total. The van der Waals surface area contributed by atoms with Crippen LogP contribution in [0.4, 0.5) is 0 Å². The first-order chi connectivity index (χ1) is 9.94. The molecule has 21 heavy (non-hydrogen) atoms. The molecule has 1 aromatic heterocycles. The molecule has 1 aliphatic carbocycles. The Hall–Kier alpha value is -1.84. The Kier molecular flexibility index (Phi) is 3.47. The van der Waals surface area contributed by atoms with Gasteiger partial charge < -0.3 is 9.88 Å². The number of para-hydroxylation sites is 2. The van der Waals surface area contributed by atoms with Crippen molar-refractivity contribution in [3.05, 3.63) is 30.1 Å². The van der Waals surface area contributed by atoms with E-state index in [1.165, 1.54) is 18.4 Å². The lowest BCUT2D eigenvalue weighted by Gasteiger charge is -2.17. The van der Waals surface area contributed by atoms with Gasteiger partial charge in [0, 0.05) is 12.5 Å². The normalized spacial score (nSPS) is 15.4. The summed E-state index contributed by atoms with van der Waals surface area (Å²) >= 11 is 0. The van der Waals surface area contributed by atoms with E-state index in [1.54, 1.807) is 0 Å². The van der Waals surface area contributed by atoms with Crippen LogP contribution >= 0.6 is 0 Å². The molecule has 1 saturated carbocycles. The fourth-order valence-electron chi connectivity index (χ4n) is 2.68. The van der Waals surface area contributed by atoms with Gasteiger partial charge in [-0.25, -0.2) is 4.98 Å². The van der Waals surface area contributed by atoms with Crippen LogP contribution in [0.2, 0.25) is 0 Å². The Labute approximate surface area is 125 Å². The number of carbonyl (C=O) groups excluding carboxylic acids is 1. The molecule has 1 heterocycles. The van der Waals surface area contributed by atoms with Crippen LogP contribution in [0.1, 0.15) is 51.9 Å². The van der Waals surface area contributed by atoms with E-state index in [4.69, 9.17) is 4.98 Å². The Morgan fingerprint density at radius 1 is 1.33 bits per heavy atom. The lowest BCUT2D eigenvalue weighted by Crippen LogP contribution is -2.28. The minimum absolute atomic E-state index is 0.0146. The molecular weight excluding hydrogens is 262 g/mol. The molecule has 0 radical (unpaired) electrons. The molecule has 0 saturated heterocycles. The SMILES string of the molecule is CC(C)(C)CC(=O)NCc1nc2ccccc2n1C1CC1. The Balaban J connectivity index is 1.78. The van der Waals surface area contributed by atoms with E-state index in [0.29, 0.717) is 19.0 Å².